The van der Waals surface area contributed by atoms with Crippen LogP contribution in [0.1, 0.15) is 36.6 Å². The molecule has 1 aromatic carbocycles. The molecule has 0 amide bonds. The molecule has 0 aliphatic carbocycles. The minimum absolute atomic E-state index is 0.0104. The topological polar surface area (TPSA) is 72.0 Å². The molecule has 0 radical (unpaired) electrons. The van der Waals surface area contributed by atoms with E-state index in [1.807, 2.05) is 25.1 Å². The smallest absolute Gasteiger partial charge is 0.220 e. The molecule has 0 aliphatic rings. The summed E-state index contributed by atoms with van der Waals surface area (Å²) in [6, 6.07) is 11.4. The number of pyridine rings is 1. The third-order valence-electron chi connectivity index (χ3n) is 2.99. The zero-order chi connectivity index (χ0) is 14.7. The van der Waals surface area contributed by atoms with Crippen molar-refractivity contribution in [3.8, 4) is 11.6 Å². The third-order valence-corrected chi connectivity index (χ3v) is 2.99. The highest BCUT2D eigenvalue weighted by atomic mass is 16.5. The van der Waals surface area contributed by atoms with Crippen LogP contribution in [-0.2, 0) is 0 Å². The number of amidine groups is 1. The summed E-state index contributed by atoms with van der Waals surface area (Å²) in [6.07, 6.45) is 0. The van der Waals surface area contributed by atoms with Crippen molar-refractivity contribution in [2.24, 2.45) is 5.73 Å². The molecule has 4 nitrogen and oxygen atoms in total. The lowest BCUT2D eigenvalue weighted by Gasteiger charge is -2.10. The predicted octanol–water partition coefficient (Wildman–Crippen LogP) is 3.59. The molecule has 104 valence electrons. The summed E-state index contributed by atoms with van der Waals surface area (Å²) in [7, 11) is 0. The molecule has 3 N–H and O–H groups in total. The monoisotopic (exact) mass is 269 g/mol. The lowest BCUT2D eigenvalue weighted by atomic mass is 10.0. The molecule has 1 aromatic heterocycles. The number of rotatable bonds is 4. The summed E-state index contributed by atoms with van der Waals surface area (Å²) < 4.78 is 5.78. The van der Waals surface area contributed by atoms with Gasteiger partial charge in [-0.15, -0.1) is 0 Å². The van der Waals surface area contributed by atoms with Gasteiger partial charge in [0.15, 0.2) is 0 Å². The van der Waals surface area contributed by atoms with Gasteiger partial charge in [-0.1, -0.05) is 26.0 Å². The zero-order valence-corrected chi connectivity index (χ0v) is 12.0. The van der Waals surface area contributed by atoms with Crippen LogP contribution in [0.3, 0.4) is 0 Å². The maximum absolute atomic E-state index is 7.49. The van der Waals surface area contributed by atoms with E-state index in [1.54, 1.807) is 12.1 Å². The molecule has 0 aliphatic heterocycles. The molecule has 0 spiro atoms. The predicted molar refractivity (Wildman–Crippen MR) is 80.6 cm³/mol. The number of aryl methyl sites for hydroxylation is 1. The molecule has 20 heavy (non-hydrogen) atoms. The number of nitrogen functional groups attached to an aromatic ring is 1. The highest BCUT2D eigenvalue weighted by Crippen LogP contribution is 2.24. The van der Waals surface area contributed by atoms with E-state index in [4.69, 9.17) is 15.9 Å². The van der Waals surface area contributed by atoms with Crippen molar-refractivity contribution in [1.29, 1.82) is 5.41 Å². The van der Waals surface area contributed by atoms with Crippen molar-refractivity contribution in [2.45, 2.75) is 26.7 Å². The first-order chi connectivity index (χ1) is 9.45. The Labute approximate surface area is 119 Å². The summed E-state index contributed by atoms with van der Waals surface area (Å²) >= 11 is 0. The van der Waals surface area contributed by atoms with Gasteiger partial charge in [-0.3, -0.25) is 5.41 Å². The molecule has 0 saturated carbocycles. The average molecular weight is 269 g/mol. The number of hydrogen-bond acceptors (Lipinski definition) is 3. The second-order valence-electron chi connectivity index (χ2n) is 5.08. The Bertz CT molecular complexity index is 635. The number of hydrogen-bond donors (Lipinski definition) is 2. The van der Waals surface area contributed by atoms with Crippen LogP contribution in [0.4, 0.5) is 0 Å². The van der Waals surface area contributed by atoms with Crippen molar-refractivity contribution in [1.82, 2.24) is 4.98 Å². The van der Waals surface area contributed by atoms with E-state index in [1.165, 1.54) is 5.56 Å². The number of nitrogens with two attached hydrogens (primary N) is 1. The normalized spacial score (nSPS) is 10.6. The fraction of sp³-hybridized carbons (Fsp3) is 0.250. The van der Waals surface area contributed by atoms with Crippen LogP contribution < -0.4 is 10.5 Å². The maximum atomic E-state index is 7.49. The first-order valence-corrected chi connectivity index (χ1v) is 6.56. The number of ether oxygens (including phenoxy) is 1. The number of benzene rings is 1. The van der Waals surface area contributed by atoms with E-state index >= 15 is 0 Å². The van der Waals surface area contributed by atoms with E-state index in [0.29, 0.717) is 17.4 Å². The maximum Gasteiger partial charge on any atom is 0.220 e. The molecule has 0 atom stereocenters. The molecular formula is C16H19N3O. The zero-order valence-electron chi connectivity index (χ0n) is 12.0. The standard InChI is InChI=1S/C16H19N3O/c1-10(2)12-5-4-6-14(8-12)20-15-9-13(16(17)18)7-11(3)19-15/h4-10H,1-3H3,(H3,17,18). The summed E-state index contributed by atoms with van der Waals surface area (Å²) in [6.45, 7) is 6.12. The molecule has 4 heteroatoms. The van der Waals surface area contributed by atoms with Gasteiger partial charge in [-0.05, 0) is 36.6 Å². The Kier molecular flexibility index (Phi) is 4.03. The Morgan fingerprint density at radius 3 is 2.65 bits per heavy atom. The van der Waals surface area contributed by atoms with Crippen molar-refractivity contribution < 1.29 is 4.74 Å². The second kappa shape index (κ2) is 5.74. The van der Waals surface area contributed by atoms with E-state index < -0.39 is 0 Å². The highest BCUT2D eigenvalue weighted by Gasteiger charge is 2.06. The lowest BCUT2D eigenvalue weighted by Crippen LogP contribution is -2.11. The highest BCUT2D eigenvalue weighted by molar-refractivity contribution is 5.95. The summed E-state index contributed by atoms with van der Waals surface area (Å²) in [4.78, 5) is 4.31. The Morgan fingerprint density at radius 1 is 1.25 bits per heavy atom. The number of nitrogens with one attached hydrogen (secondary N) is 1. The van der Waals surface area contributed by atoms with Gasteiger partial charge in [0.05, 0.1) is 0 Å². The Hall–Kier alpha value is -2.36. The minimum Gasteiger partial charge on any atom is -0.439 e. The number of aromatic nitrogens is 1. The van der Waals surface area contributed by atoms with E-state index in [-0.39, 0.29) is 5.84 Å². The average Bonchev–Trinajstić information content (AvgIpc) is 2.38. The summed E-state index contributed by atoms with van der Waals surface area (Å²) in [5, 5.41) is 7.49. The minimum atomic E-state index is 0.0104. The molecular weight excluding hydrogens is 250 g/mol. The van der Waals surface area contributed by atoms with Gasteiger partial charge >= 0.3 is 0 Å². The van der Waals surface area contributed by atoms with E-state index in [9.17, 15) is 0 Å². The van der Waals surface area contributed by atoms with Crippen LogP contribution in [-0.4, -0.2) is 10.8 Å². The molecule has 2 rings (SSSR count). The first kappa shape index (κ1) is 14.1. The molecule has 0 fully saturated rings. The van der Waals surface area contributed by atoms with Crippen LogP contribution in [0.2, 0.25) is 0 Å². The van der Waals surface area contributed by atoms with Gasteiger partial charge in [0, 0.05) is 17.3 Å². The van der Waals surface area contributed by atoms with Crippen LogP contribution in [0, 0.1) is 12.3 Å². The van der Waals surface area contributed by atoms with Crippen LogP contribution in [0.15, 0.2) is 36.4 Å². The van der Waals surface area contributed by atoms with Crippen molar-refractivity contribution in [3.05, 3.63) is 53.2 Å². The Morgan fingerprint density at radius 2 is 2.00 bits per heavy atom. The van der Waals surface area contributed by atoms with Gasteiger partial charge in [0.1, 0.15) is 11.6 Å². The quantitative estimate of drug-likeness (QED) is 0.658. The Balaban J connectivity index is 2.30. The van der Waals surface area contributed by atoms with Gasteiger partial charge in [-0.2, -0.15) is 0 Å². The van der Waals surface area contributed by atoms with Crippen molar-refractivity contribution >= 4 is 5.84 Å². The van der Waals surface area contributed by atoms with Crippen molar-refractivity contribution in [3.63, 3.8) is 0 Å². The fourth-order valence-corrected chi connectivity index (χ4v) is 1.90. The fourth-order valence-electron chi connectivity index (χ4n) is 1.90. The van der Waals surface area contributed by atoms with Crippen LogP contribution in [0.25, 0.3) is 0 Å². The van der Waals surface area contributed by atoms with Gasteiger partial charge in [-0.25, -0.2) is 4.98 Å². The number of nitrogens with zero attached hydrogens (tertiary/aromatic N) is 1. The third kappa shape index (κ3) is 3.35. The van der Waals surface area contributed by atoms with Crippen molar-refractivity contribution in [2.75, 3.05) is 0 Å². The van der Waals surface area contributed by atoms with E-state index in [0.717, 1.165) is 11.4 Å². The summed E-state index contributed by atoms with van der Waals surface area (Å²) in [5.41, 5.74) is 8.11. The molecule has 0 bridgehead atoms. The molecule has 0 saturated heterocycles. The van der Waals surface area contributed by atoms with Gasteiger partial charge in [0.25, 0.3) is 0 Å². The van der Waals surface area contributed by atoms with Crippen LogP contribution >= 0.6 is 0 Å². The molecule has 2 aromatic rings. The lowest BCUT2D eigenvalue weighted by molar-refractivity contribution is 0.460. The first-order valence-electron chi connectivity index (χ1n) is 6.56. The van der Waals surface area contributed by atoms with Gasteiger partial charge < -0.3 is 10.5 Å². The summed E-state index contributed by atoms with van der Waals surface area (Å²) in [5.74, 6) is 1.65. The van der Waals surface area contributed by atoms with E-state index in [2.05, 4.69) is 24.9 Å². The second-order valence-corrected chi connectivity index (χ2v) is 5.08. The SMILES string of the molecule is Cc1cc(C(=N)N)cc(Oc2cccc(C(C)C)c2)n1. The van der Waals surface area contributed by atoms with Gasteiger partial charge in [0.2, 0.25) is 5.88 Å². The largest absolute Gasteiger partial charge is 0.439 e. The molecule has 1 heterocycles. The van der Waals surface area contributed by atoms with Crippen LogP contribution in [0.5, 0.6) is 11.6 Å². The molecule has 0 unspecified atom stereocenters.